The number of carboxylic acids is 2. The Balaban J connectivity index is 1.74. The fourth-order valence-electron chi connectivity index (χ4n) is 2.89. The largest absolute Gasteiger partial charge is 0.481 e. The number of hydrogen-bond donors (Lipinski definition) is 2. The molecule has 0 radical (unpaired) electrons. The number of nitrogens with zero attached hydrogens (tertiary/aromatic N) is 1. The van der Waals surface area contributed by atoms with Crippen LogP contribution in [-0.4, -0.2) is 38.5 Å². The summed E-state index contributed by atoms with van der Waals surface area (Å²) < 4.78 is 5.82. The smallest absolute Gasteiger partial charge is 0.344 e. The summed E-state index contributed by atoms with van der Waals surface area (Å²) in [6.07, 6.45) is 1.04. The van der Waals surface area contributed by atoms with Crippen molar-refractivity contribution in [3.05, 3.63) is 64.6 Å². The van der Waals surface area contributed by atoms with Gasteiger partial charge in [-0.15, -0.1) is 0 Å². The highest BCUT2D eigenvalue weighted by Gasteiger charge is 2.33. The van der Waals surface area contributed by atoms with Gasteiger partial charge in [-0.3, -0.25) is 14.5 Å². The second kappa shape index (κ2) is 9.76. The monoisotopic (exact) mass is 457 g/mol. The van der Waals surface area contributed by atoms with Crippen LogP contribution in [0.15, 0.2) is 53.4 Å². The lowest BCUT2D eigenvalue weighted by molar-refractivity contribution is -0.145. The molecule has 1 amide bonds. The Morgan fingerprint density at radius 2 is 1.77 bits per heavy atom. The Morgan fingerprint density at radius 3 is 2.32 bits per heavy atom. The summed E-state index contributed by atoms with van der Waals surface area (Å²) in [7, 11) is 0. The average molecular weight is 458 g/mol. The normalized spacial score (nSPS) is 15.9. The number of thioether (sulfide) groups is 1. The van der Waals surface area contributed by atoms with Crippen LogP contribution in [0, 0.1) is 0 Å². The van der Waals surface area contributed by atoms with Crippen molar-refractivity contribution in [3.63, 3.8) is 0 Å². The van der Waals surface area contributed by atoms with Gasteiger partial charge in [-0.1, -0.05) is 55.2 Å². The Labute approximate surface area is 188 Å². The van der Waals surface area contributed by atoms with E-state index in [1.807, 2.05) is 0 Å². The average Bonchev–Trinajstić information content (AvgIpc) is 3.00. The summed E-state index contributed by atoms with van der Waals surface area (Å²) in [5.74, 6) is -1.78. The number of thiocarbonyl (C=S) groups is 1. The molecule has 31 heavy (non-hydrogen) atoms. The molecule has 1 atom stereocenters. The van der Waals surface area contributed by atoms with Crippen molar-refractivity contribution in [1.29, 1.82) is 0 Å². The van der Waals surface area contributed by atoms with E-state index in [2.05, 4.69) is 0 Å². The third-order valence-corrected chi connectivity index (χ3v) is 5.75. The standard InChI is InChI=1S/C22H19NO6S2/c1-2-17(21(27)28)29-16-9-5-13(6-10-16)11-18-20(26)23(22(30)31-18)15-7-3-14(4-8-15)12-19(24)25/h3-11,17H,2,12H2,1H3,(H,24,25)(H,27,28)/b18-11-. The maximum absolute atomic E-state index is 12.9. The minimum absolute atomic E-state index is 0.0935. The zero-order valence-corrected chi connectivity index (χ0v) is 18.1. The zero-order chi connectivity index (χ0) is 22.5. The van der Waals surface area contributed by atoms with Crippen molar-refractivity contribution in [2.45, 2.75) is 25.9 Å². The fraction of sp³-hybridized carbons (Fsp3) is 0.182. The molecule has 0 saturated carbocycles. The van der Waals surface area contributed by atoms with Gasteiger partial charge in [0.05, 0.1) is 17.0 Å². The van der Waals surface area contributed by atoms with E-state index in [0.717, 1.165) is 5.56 Å². The number of carboxylic acid groups (broad SMARTS) is 2. The lowest BCUT2D eigenvalue weighted by atomic mass is 10.1. The molecule has 3 rings (SSSR count). The fourth-order valence-corrected chi connectivity index (χ4v) is 4.19. The molecule has 0 bridgehead atoms. The molecule has 0 aromatic heterocycles. The third kappa shape index (κ3) is 5.50. The molecule has 1 saturated heterocycles. The van der Waals surface area contributed by atoms with Crippen LogP contribution in [-0.2, 0) is 20.8 Å². The number of ether oxygens (including phenoxy) is 1. The Bertz CT molecular complexity index is 1050. The minimum Gasteiger partial charge on any atom is -0.481 e. The topological polar surface area (TPSA) is 104 Å². The molecule has 1 unspecified atom stereocenters. The third-order valence-electron chi connectivity index (χ3n) is 4.45. The summed E-state index contributed by atoms with van der Waals surface area (Å²) >= 11 is 6.53. The molecule has 2 N–H and O–H groups in total. The van der Waals surface area contributed by atoms with Crippen LogP contribution in [0.25, 0.3) is 6.08 Å². The molecule has 160 valence electrons. The summed E-state index contributed by atoms with van der Waals surface area (Å²) in [5, 5.41) is 18.0. The van der Waals surface area contributed by atoms with Crippen LogP contribution >= 0.6 is 24.0 Å². The predicted molar refractivity (Wildman–Crippen MR) is 122 cm³/mol. The quantitative estimate of drug-likeness (QED) is 0.453. The predicted octanol–water partition coefficient (Wildman–Crippen LogP) is 3.96. The first-order chi connectivity index (χ1) is 14.8. The van der Waals surface area contributed by atoms with Crippen molar-refractivity contribution >= 4 is 57.9 Å². The maximum Gasteiger partial charge on any atom is 0.344 e. The molecule has 2 aromatic rings. The van der Waals surface area contributed by atoms with Gasteiger partial charge in [0.2, 0.25) is 0 Å². The Morgan fingerprint density at radius 1 is 1.13 bits per heavy atom. The van der Waals surface area contributed by atoms with Gasteiger partial charge in [0.1, 0.15) is 5.75 Å². The molecule has 9 heteroatoms. The van der Waals surface area contributed by atoms with Crippen molar-refractivity contribution in [1.82, 2.24) is 0 Å². The molecule has 1 aliphatic rings. The maximum atomic E-state index is 12.9. The van der Waals surface area contributed by atoms with Crippen molar-refractivity contribution in [2.24, 2.45) is 0 Å². The molecule has 1 aliphatic heterocycles. The molecular weight excluding hydrogens is 438 g/mol. The van der Waals surface area contributed by atoms with Gasteiger partial charge in [-0.05, 0) is 47.9 Å². The minimum atomic E-state index is -1.02. The van der Waals surface area contributed by atoms with E-state index in [9.17, 15) is 14.4 Å². The molecule has 1 heterocycles. The van der Waals surface area contributed by atoms with Gasteiger partial charge in [0.15, 0.2) is 10.4 Å². The van der Waals surface area contributed by atoms with E-state index in [-0.39, 0.29) is 12.3 Å². The highest BCUT2D eigenvalue weighted by atomic mass is 32.2. The van der Waals surface area contributed by atoms with E-state index in [1.165, 1.54) is 16.7 Å². The number of anilines is 1. The highest BCUT2D eigenvalue weighted by molar-refractivity contribution is 8.27. The SMILES string of the molecule is CCC(Oc1ccc(/C=C2\SC(=S)N(c3ccc(CC(=O)O)cc3)C2=O)cc1)C(=O)O. The summed E-state index contributed by atoms with van der Waals surface area (Å²) in [6.45, 7) is 1.73. The van der Waals surface area contributed by atoms with Gasteiger partial charge >= 0.3 is 11.9 Å². The van der Waals surface area contributed by atoms with Gasteiger partial charge in [0, 0.05) is 0 Å². The molecule has 2 aromatic carbocycles. The second-order valence-corrected chi connectivity index (χ2v) is 8.35. The number of aliphatic carboxylic acids is 2. The van der Waals surface area contributed by atoms with E-state index < -0.39 is 18.0 Å². The zero-order valence-electron chi connectivity index (χ0n) is 16.5. The van der Waals surface area contributed by atoms with Crippen molar-refractivity contribution in [2.75, 3.05) is 4.90 Å². The summed E-state index contributed by atoms with van der Waals surface area (Å²) in [6, 6.07) is 13.4. The summed E-state index contributed by atoms with van der Waals surface area (Å²) in [4.78, 5) is 36.6. The summed E-state index contributed by atoms with van der Waals surface area (Å²) in [5.41, 5.74) is 1.95. The van der Waals surface area contributed by atoms with Crippen LogP contribution < -0.4 is 9.64 Å². The Kier molecular flexibility index (Phi) is 7.09. The molecule has 0 spiro atoms. The van der Waals surface area contributed by atoms with Crippen LogP contribution in [0.4, 0.5) is 5.69 Å². The molecule has 1 fully saturated rings. The first-order valence-electron chi connectivity index (χ1n) is 9.36. The highest BCUT2D eigenvalue weighted by Crippen LogP contribution is 2.36. The molecule has 7 nitrogen and oxygen atoms in total. The lowest BCUT2D eigenvalue weighted by Crippen LogP contribution is -2.27. The van der Waals surface area contributed by atoms with Crippen molar-refractivity contribution in [3.8, 4) is 5.75 Å². The van der Waals surface area contributed by atoms with Crippen LogP contribution in [0.3, 0.4) is 0 Å². The first kappa shape index (κ1) is 22.5. The van der Waals surface area contributed by atoms with E-state index >= 15 is 0 Å². The molecule has 0 aliphatic carbocycles. The number of benzene rings is 2. The van der Waals surface area contributed by atoms with Gasteiger partial charge in [-0.25, -0.2) is 4.79 Å². The molecular formula is C22H19NO6S2. The Hall–Kier alpha value is -3.17. The van der Waals surface area contributed by atoms with Crippen LogP contribution in [0.2, 0.25) is 0 Å². The van der Waals surface area contributed by atoms with Gasteiger partial charge in [0.25, 0.3) is 5.91 Å². The van der Waals surface area contributed by atoms with E-state index in [0.29, 0.717) is 32.6 Å². The van der Waals surface area contributed by atoms with E-state index in [4.69, 9.17) is 27.2 Å². The number of carbonyl (C=O) groups excluding carboxylic acids is 1. The number of amides is 1. The number of carbonyl (C=O) groups is 3. The number of rotatable bonds is 8. The van der Waals surface area contributed by atoms with Crippen LogP contribution in [0.5, 0.6) is 5.75 Å². The van der Waals surface area contributed by atoms with E-state index in [1.54, 1.807) is 61.5 Å². The lowest BCUT2D eigenvalue weighted by Gasteiger charge is -2.14. The van der Waals surface area contributed by atoms with Crippen LogP contribution in [0.1, 0.15) is 24.5 Å². The van der Waals surface area contributed by atoms with Gasteiger partial charge < -0.3 is 14.9 Å². The second-order valence-electron chi connectivity index (χ2n) is 6.68. The first-order valence-corrected chi connectivity index (χ1v) is 10.6. The number of hydrogen-bond acceptors (Lipinski definition) is 6. The van der Waals surface area contributed by atoms with Crippen molar-refractivity contribution < 1.29 is 29.3 Å². The van der Waals surface area contributed by atoms with Gasteiger partial charge in [-0.2, -0.15) is 0 Å².